The van der Waals surface area contributed by atoms with Gasteiger partial charge in [-0.25, -0.2) is 0 Å². The fraction of sp³-hybridized carbons (Fsp3) is 0.684. The van der Waals surface area contributed by atoms with Gasteiger partial charge >= 0.3 is 0 Å². The van der Waals surface area contributed by atoms with E-state index < -0.39 is 0 Å². The summed E-state index contributed by atoms with van der Waals surface area (Å²) < 4.78 is 12.7. The summed E-state index contributed by atoms with van der Waals surface area (Å²) in [4.78, 5) is 19.3. The highest BCUT2D eigenvalue weighted by atomic mass is 16.5. The molecule has 4 rings (SSSR count). The number of piperidine rings is 1. The fourth-order valence-corrected chi connectivity index (χ4v) is 3.95. The van der Waals surface area contributed by atoms with Gasteiger partial charge in [-0.15, -0.1) is 0 Å². The third-order valence-electron chi connectivity index (χ3n) is 5.52. The van der Waals surface area contributed by atoms with Crippen molar-refractivity contribution in [1.82, 2.24) is 24.8 Å². The highest BCUT2D eigenvalue weighted by Gasteiger charge is 2.28. The van der Waals surface area contributed by atoms with Crippen LogP contribution in [-0.4, -0.2) is 57.0 Å². The molecule has 0 spiro atoms. The second-order valence-electron chi connectivity index (χ2n) is 7.45. The minimum atomic E-state index is 0.0142. The molecule has 4 heterocycles. The van der Waals surface area contributed by atoms with E-state index in [1.54, 1.807) is 10.7 Å². The predicted octanol–water partition coefficient (Wildman–Crippen LogP) is 2.27. The van der Waals surface area contributed by atoms with Gasteiger partial charge in [0.05, 0.1) is 0 Å². The van der Waals surface area contributed by atoms with Crippen LogP contribution in [0, 0.1) is 5.92 Å². The molecule has 1 amide bonds. The Labute approximate surface area is 158 Å². The number of carbonyl (C=O) groups is 1. The molecule has 1 unspecified atom stereocenters. The summed E-state index contributed by atoms with van der Waals surface area (Å²) >= 11 is 0. The van der Waals surface area contributed by atoms with E-state index in [0.717, 1.165) is 64.2 Å². The zero-order valence-electron chi connectivity index (χ0n) is 15.8. The molecule has 0 N–H and O–H groups in total. The van der Waals surface area contributed by atoms with Gasteiger partial charge in [-0.05, 0) is 44.6 Å². The summed E-state index contributed by atoms with van der Waals surface area (Å²) in [5.41, 5.74) is 0.525. The summed E-state index contributed by atoms with van der Waals surface area (Å²) in [5, 5.41) is 8.53. The van der Waals surface area contributed by atoms with E-state index in [1.165, 1.54) is 0 Å². The molecule has 8 nitrogen and oxygen atoms in total. The molecule has 8 heteroatoms. The smallest absolute Gasteiger partial charge is 0.274 e. The summed E-state index contributed by atoms with van der Waals surface area (Å²) in [6, 6.07) is 1.80. The van der Waals surface area contributed by atoms with Crippen molar-refractivity contribution in [3.63, 3.8) is 0 Å². The largest absolute Gasteiger partial charge is 0.381 e. The van der Waals surface area contributed by atoms with Crippen molar-refractivity contribution >= 4 is 5.91 Å². The number of aryl methyl sites for hydroxylation is 1. The maximum Gasteiger partial charge on any atom is 0.274 e. The lowest BCUT2D eigenvalue weighted by Crippen LogP contribution is -2.40. The van der Waals surface area contributed by atoms with Crippen molar-refractivity contribution in [2.75, 3.05) is 26.3 Å². The number of hydrogen-bond acceptors (Lipinski definition) is 6. The van der Waals surface area contributed by atoms with Crippen LogP contribution in [0.1, 0.15) is 60.7 Å². The molecule has 0 bridgehead atoms. The Balaban J connectivity index is 1.35. The Bertz CT molecular complexity index is 765. The lowest BCUT2D eigenvalue weighted by atomic mass is 9.94. The number of carbonyl (C=O) groups excluding carboxylic acids is 1. The molecular formula is C19H27N5O3. The van der Waals surface area contributed by atoms with E-state index in [0.29, 0.717) is 30.0 Å². The van der Waals surface area contributed by atoms with Crippen LogP contribution in [0.4, 0.5) is 0 Å². The first-order chi connectivity index (χ1) is 13.2. The van der Waals surface area contributed by atoms with Crippen LogP contribution in [0.3, 0.4) is 0 Å². The molecule has 146 valence electrons. The zero-order chi connectivity index (χ0) is 18.6. The number of aromatic nitrogens is 4. The van der Waals surface area contributed by atoms with Crippen molar-refractivity contribution in [3.05, 3.63) is 29.7 Å². The van der Waals surface area contributed by atoms with Gasteiger partial charge < -0.3 is 14.2 Å². The van der Waals surface area contributed by atoms with Gasteiger partial charge in [-0.1, -0.05) is 5.16 Å². The first kappa shape index (κ1) is 18.2. The Morgan fingerprint density at radius 3 is 2.93 bits per heavy atom. The summed E-state index contributed by atoms with van der Waals surface area (Å²) in [6.45, 7) is 5.81. The average molecular weight is 373 g/mol. The molecule has 0 saturated carbocycles. The molecule has 2 aromatic rings. The summed E-state index contributed by atoms with van der Waals surface area (Å²) in [6.07, 6.45) is 6.55. The van der Waals surface area contributed by atoms with E-state index >= 15 is 0 Å². The van der Waals surface area contributed by atoms with E-state index in [2.05, 4.69) is 15.2 Å². The molecule has 0 aromatic carbocycles. The third-order valence-corrected chi connectivity index (χ3v) is 5.52. The molecule has 2 fully saturated rings. The minimum Gasteiger partial charge on any atom is -0.381 e. The molecule has 1 atom stereocenters. The van der Waals surface area contributed by atoms with E-state index in [4.69, 9.17) is 9.26 Å². The Kier molecular flexibility index (Phi) is 5.52. The third kappa shape index (κ3) is 4.21. The zero-order valence-corrected chi connectivity index (χ0v) is 15.8. The molecule has 2 aliphatic heterocycles. The van der Waals surface area contributed by atoms with Crippen LogP contribution in [-0.2, 0) is 17.7 Å². The number of likely N-dealkylation sites (tertiary alicyclic amines) is 1. The second-order valence-corrected chi connectivity index (χ2v) is 7.45. The van der Waals surface area contributed by atoms with Crippen LogP contribution in [0.15, 0.2) is 16.8 Å². The van der Waals surface area contributed by atoms with Gasteiger partial charge in [-0.2, -0.15) is 10.1 Å². The molecule has 2 aromatic heterocycles. The number of nitrogens with zero attached hydrogens (tertiary/aromatic N) is 5. The SMILES string of the molecule is CCn1ccc(C(=O)N2CCCC(Cc3nc(C4CCOCC4)no3)C2)n1. The number of rotatable bonds is 5. The van der Waals surface area contributed by atoms with Crippen molar-refractivity contribution in [2.45, 2.75) is 51.5 Å². The van der Waals surface area contributed by atoms with Crippen LogP contribution in [0.25, 0.3) is 0 Å². The first-order valence-corrected chi connectivity index (χ1v) is 9.96. The summed E-state index contributed by atoms with van der Waals surface area (Å²) in [7, 11) is 0. The summed E-state index contributed by atoms with van der Waals surface area (Å²) in [5.74, 6) is 2.20. The predicted molar refractivity (Wildman–Crippen MR) is 97.3 cm³/mol. The fourth-order valence-electron chi connectivity index (χ4n) is 3.95. The van der Waals surface area contributed by atoms with E-state index in [1.807, 2.05) is 18.0 Å². The van der Waals surface area contributed by atoms with Gasteiger partial charge in [0.15, 0.2) is 5.82 Å². The molecule has 2 saturated heterocycles. The highest BCUT2D eigenvalue weighted by Crippen LogP contribution is 2.26. The van der Waals surface area contributed by atoms with Crippen molar-refractivity contribution in [3.8, 4) is 0 Å². The standard InChI is InChI=1S/C19H27N5O3/c1-2-24-9-5-16(21-24)19(25)23-8-3-4-14(13-23)12-17-20-18(22-27-17)15-6-10-26-11-7-15/h5,9,14-15H,2-4,6-8,10-13H2,1H3. The molecule has 2 aliphatic rings. The van der Waals surface area contributed by atoms with Crippen LogP contribution in [0.5, 0.6) is 0 Å². The van der Waals surface area contributed by atoms with Crippen molar-refractivity contribution in [1.29, 1.82) is 0 Å². The van der Waals surface area contributed by atoms with Gasteiger partial charge in [0.25, 0.3) is 5.91 Å². The molecule has 0 radical (unpaired) electrons. The van der Waals surface area contributed by atoms with Gasteiger partial charge in [0.1, 0.15) is 5.69 Å². The normalized spacial score (nSPS) is 21.5. The minimum absolute atomic E-state index is 0.0142. The number of ether oxygens (including phenoxy) is 1. The first-order valence-electron chi connectivity index (χ1n) is 9.96. The highest BCUT2D eigenvalue weighted by molar-refractivity contribution is 5.92. The number of hydrogen-bond donors (Lipinski definition) is 0. The topological polar surface area (TPSA) is 86.3 Å². The number of amides is 1. The average Bonchev–Trinajstić information content (AvgIpc) is 3.38. The quantitative estimate of drug-likeness (QED) is 0.799. The van der Waals surface area contributed by atoms with Crippen molar-refractivity contribution in [2.24, 2.45) is 5.92 Å². The lowest BCUT2D eigenvalue weighted by molar-refractivity contribution is 0.0661. The van der Waals surface area contributed by atoms with Crippen molar-refractivity contribution < 1.29 is 14.1 Å². The lowest BCUT2D eigenvalue weighted by Gasteiger charge is -2.31. The Hall–Kier alpha value is -2.22. The second kappa shape index (κ2) is 8.21. The molecular weight excluding hydrogens is 346 g/mol. The monoisotopic (exact) mass is 373 g/mol. The van der Waals surface area contributed by atoms with Crippen LogP contribution >= 0.6 is 0 Å². The van der Waals surface area contributed by atoms with Crippen LogP contribution in [0.2, 0.25) is 0 Å². The van der Waals surface area contributed by atoms with Gasteiger partial charge in [0, 0.05) is 51.4 Å². The van der Waals surface area contributed by atoms with Gasteiger partial charge in [0.2, 0.25) is 5.89 Å². The van der Waals surface area contributed by atoms with Crippen LogP contribution < -0.4 is 0 Å². The van der Waals surface area contributed by atoms with E-state index in [9.17, 15) is 4.79 Å². The Morgan fingerprint density at radius 2 is 2.15 bits per heavy atom. The maximum absolute atomic E-state index is 12.7. The molecule has 27 heavy (non-hydrogen) atoms. The maximum atomic E-state index is 12.7. The van der Waals surface area contributed by atoms with E-state index in [-0.39, 0.29) is 5.91 Å². The Morgan fingerprint density at radius 1 is 1.30 bits per heavy atom. The van der Waals surface area contributed by atoms with Gasteiger partial charge in [-0.3, -0.25) is 9.48 Å². The molecule has 0 aliphatic carbocycles.